The second-order valence-corrected chi connectivity index (χ2v) is 3.24. The van der Waals surface area contributed by atoms with Crippen LogP contribution >= 0.6 is 0 Å². The molecule has 2 aromatic rings. The van der Waals surface area contributed by atoms with Crippen molar-refractivity contribution >= 4 is 5.95 Å². The smallest absolute Gasteiger partial charge is 0.244 e. The molecule has 1 aromatic heterocycles. The van der Waals surface area contributed by atoms with Gasteiger partial charge in [0, 0.05) is 19.7 Å². The summed E-state index contributed by atoms with van der Waals surface area (Å²) in [5, 5.41) is 6.98. The van der Waals surface area contributed by atoms with Crippen molar-refractivity contribution in [3.63, 3.8) is 0 Å². The molecule has 72 valence electrons. The molecule has 0 aliphatic rings. The minimum absolute atomic E-state index is 0.698. The van der Waals surface area contributed by atoms with Crippen LogP contribution in [0.15, 0.2) is 30.3 Å². The zero-order valence-corrected chi connectivity index (χ0v) is 8.23. The van der Waals surface area contributed by atoms with E-state index in [-0.39, 0.29) is 0 Å². The summed E-state index contributed by atoms with van der Waals surface area (Å²) in [7, 11) is 3.83. The van der Waals surface area contributed by atoms with Crippen LogP contribution < -0.4 is 4.90 Å². The van der Waals surface area contributed by atoms with E-state index in [1.54, 1.807) is 0 Å². The summed E-state index contributed by atoms with van der Waals surface area (Å²) in [5.41, 5.74) is 1.05. The summed E-state index contributed by atoms with van der Waals surface area (Å²) in [6.07, 6.45) is 0. The lowest BCUT2D eigenvalue weighted by atomic mass is 10.2. The van der Waals surface area contributed by atoms with E-state index in [9.17, 15) is 0 Å². The zero-order chi connectivity index (χ0) is 9.97. The summed E-state index contributed by atoms with van der Waals surface area (Å²) < 4.78 is 0. The summed E-state index contributed by atoms with van der Waals surface area (Å²) in [6.45, 7) is 0. The Labute approximate surface area is 82.6 Å². The molecule has 0 radical (unpaired) electrons. The molecule has 0 bridgehead atoms. The first-order valence-corrected chi connectivity index (χ1v) is 4.42. The Morgan fingerprint density at radius 2 is 1.86 bits per heavy atom. The summed E-state index contributed by atoms with van der Waals surface area (Å²) >= 11 is 0. The van der Waals surface area contributed by atoms with Gasteiger partial charge in [-0.3, -0.25) is 5.10 Å². The van der Waals surface area contributed by atoms with Crippen molar-refractivity contribution in [2.75, 3.05) is 19.0 Å². The molecular formula is C10H12N4. The maximum atomic E-state index is 4.34. The Bertz CT molecular complexity index is 405. The van der Waals surface area contributed by atoms with Crippen LogP contribution in [0.1, 0.15) is 0 Å². The number of rotatable bonds is 2. The first-order valence-electron chi connectivity index (χ1n) is 4.42. The number of hydrogen-bond acceptors (Lipinski definition) is 3. The third-order valence-electron chi connectivity index (χ3n) is 1.92. The van der Waals surface area contributed by atoms with E-state index in [0.29, 0.717) is 5.95 Å². The van der Waals surface area contributed by atoms with Crippen molar-refractivity contribution in [2.24, 2.45) is 0 Å². The molecule has 0 fully saturated rings. The summed E-state index contributed by atoms with van der Waals surface area (Å²) in [6, 6.07) is 9.94. The monoisotopic (exact) mass is 188 g/mol. The Morgan fingerprint density at radius 1 is 1.14 bits per heavy atom. The minimum atomic E-state index is 0.698. The molecular weight excluding hydrogens is 176 g/mol. The fourth-order valence-corrected chi connectivity index (χ4v) is 1.18. The number of hydrogen-bond donors (Lipinski definition) is 1. The molecule has 0 aliphatic heterocycles. The van der Waals surface area contributed by atoms with Gasteiger partial charge in [-0.1, -0.05) is 30.3 Å². The zero-order valence-electron chi connectivity index (χ0n) is 8.23. The van der Waals surface area contributed by atoms with E-state index in [4.69, 9.17) is 0 Å². The molecule has 0 saturated carbocycles. The Morgan fingerprint density at radius 3 is 2.43 bits per heavy atom. The fourth-order valence-electron chi connectivity index (χ4n) is 1.18. The van der Waals surface area contributed by atoms with Gasteiger partial charge < -0.3 is 4.90 Å². The fraction of sp³-hybridized carbons (Fsp3) is 0.200. The molecule has 14 heavy (non-hydrogen) atoms. The molecule has 0 amide bonds. The number of nitrogens with zero attached hydrogens (tertiary/aromatic N) is 3. The van der Waals surface area contributed by atoms with Gasteiger partial charge in [0.05, 0.1) is 0 Å². The predicted molar refractivity (Wildman–Crippen MR) is 56.1 cm³/mol. The molecule has 4 heteroatoms. The highest BCUT2D eigenvalue weighted by atomic mass is 15.3. The van der Waals surface area contributed by atoms with Gasteiger partial charge in [0.2, 0.25) is 5.95 Å². The molecule has 0 aliphatic carbocycles. The third kappa shape index (κ3) is 1.59. The second-order valence-electron chi connectivity index (χ2n) is 3.24. The van der Waals surface area contributed by atoms with Crippen molar-refractivity contribution in [3.05, 3.63) is 30.3 Å². The van der Waals surface area contributed by atoms with Crippen LogP contribution in [0.2, 0.25) is 0 Å². The van der Waals surface area contributed by atoms with Gasteiger partial charge in [0.25, 0.3) is 0 Å². The largest absolute Gasteiger partial charge is 0.346 e. The first-order chi connectivity index (χ1) is 6.77. The topological polar surface area (TPSA) is 44.8 Å². The Hall–Kier alpha value is -1.84. The molecule has 0 saturated heterocycles. The molecule has 0 atom stereocenters. The molecule has 0 unspecified atom stereocenters. The highest BCUT2D eigenvalue weighted by Crippen LogP contribution is 2.15. The average Bonchev–Trinajstić information content (AvgIpc) is 2.68. The Kier molecular flexibility index (Phi) is 2.18. The van der Waals surface area contributed by atoms with Gasteiger partial charge in [-0.25, -0.2) is 0 Å². The number of anilines is 1. The van der Waals surface area contributed by atoms with E-state index in [1.807, 2.05) is 49.3 Å². The normalized spacial score (nSPS) is 10.1. The molecule has 4 nitrogen and oxygen atoms in total. The molecule has 2 rings (SSSR count). The molecule has 1 heterocycles. The van der Waals surface area contributed by atoms with Crippen LogP contribution in [0, 0.1) is 0 Å². The van der Waals surface area contributed by atoms with Gasteiger partial charge in [0.15, 0.2) is 5.82 Å². The lowest BCUT2D eigenvalue weighted by molar-refractivity contribution is 0.999. The molecule has 1 aromatic carbocycles. The van der Waals surface area contributed by atoms with Gasteiger partial charge in [-0.05, 0) is 0 Å². The van der Waals surface area contributed by atoms with Crippen molar-refractivity contribution in [2.45, 2.75) is 0 Å². The van der Waals surface area contributed by atoms with Gasteiger partial charge in [-0.2, -0.15) is 4.98 Å². The van der Waals surface area contributed by atoms with Crippen LogP contribution in [0.5, 0.6) is 0 Å². The van der Waals surface area contributed by atoms with Crippen LogP contribution in [-0.2, 0) is 0 Å². The van der Waals surface area contributed by atoms with Crippen LogP contribution in [0.25, 0.3) is 11.4 Å². The number of nitrogens with one attached hydrogen (secondary N) is 1. The van der Waals surface area contributed by atoms with Crippen LogP contribution in [0.4, 0.5) is 5.95 Å². The summed E-state index contributed by atoms with van der Waals surface area (Å²) in [4.78, 5) is 6.20. The van der Waals surface area contributed by atoms with Gasteiger partial charge in [0.1, 0.15) is 0 Å². The van der Waals surface area contributed by atoms with E-state index < -0.39 is 0 Å². The standard InChI is InChI=1S/C10H12N4/c1-14(2)10-11-9(12-13-10)8-6-4-3-5-7-8/h3-7H,1-2H3,(H,11,12,13). The van der Waals surface area contributed by atoms with E-state index >= 15 is 0 Å². The third-order valence-corrected chi connectivity index (χ3v) is 1.92. The van der Waals surface area contributed by atoms with Gasteiger partial charge in [-0.15, -0.1) is 5.10 Å². The lowest BCUT2D eigenvalue weighted by Gasteiger charge is -2.03. The second kappa shape index (κ2) is 3.49. The van der Waals surface area contributed by atoms with Crippen LogP contribution in [0.3, 0.4) is 0 Å². The van der Waals surface area contributed by atoms with E-state index in [1.165, 1.54) is 0 Å². The van der Waals surface area contributed by atoms with Crippen molar-refractivity contribution in [1.29, 1.82) is 0 Å². The maximum Gasteiger partial charge on any atom is 0.244 e. The van der Waals surface area contributed by atoms with E-state index in [2.05, 4.69) is 15.2 Å². The van der Waals surface area contributed by atoms with Gasteiger partial charge >= 0.3 is 0 Å². The summed E-state index contributed by atoms with van der Waals surface area (Å²) in [5.74, 6) is 1.50. The Balaban J connectivity index is 2.34. The SMILES string of the molecule is CN(C)c1n[nH]c(-c2ccccc2)n1. The quantitative estimate of drug-likeness (QED) is 0.777. The number of H-pyrrole nitrogens is 1. The number of aromatic nitrogens is 3. The van der Waals surface area contributed by atoms with Crippen molar-refractivity contribution < 1.29 is 0 Å². The van der Waals surface area contributed by atoms with Crippen molar-refractivity contribution in [1.82, 2.24) is 15.2 Å². The maximum absolute atomic E-state index is 4.34. The minimum Gasteiger partial charge on any atom is -0.346 e. The molecule has 1 N–H and O–H groups in total. The lowest BCUT2D eigenvalue weighted by Crippen LogP contribution is -2.10. The number of benzene rings is 1. The predicted octanol–water partition coefficient (Wildman–Crippen LogP) is 1.54. The average molecular weight is 188 g/mol. The first kappa shape index (κ1) is 8.74. The highest BCUT2D eigenvalue weighted by Gasteiger charge is 2.05. The highest BCUT2D eigenvalue weighted by molar-refractivity contribution is 5.55. The molecule has 0 spiro atoms. The van der Waals surface area contributed by atoms with E-state index in [0.717, 1.165) is 11.4 Å². The number of aromatic amines is 1. The van der Waals surface area contributed by atoms with Crippen LogP contribution in [-0.4, -0.2) is 29.3 Å². The van der Waals surface area contributed by atoms with Crippen molar-refractivity contribution in [3.8, 4) is 11.4 Å².